The lowest BCUT2D eigenvalue weighted by molar-refractivity contribution is 0.0943. The molecule has 0 fully saturated rings. The minimum atomic E-state index is -0.145. The number of hydrogen-bond acceptors (Lipinski definition) is 3. The molecule has 90 valence electrons. The van der Waals surface area contributed by atoms with Crippen molar-refractivity contribution in [2.45, 2.75) is 6.54 Å². The van der Waals surface area contributed by atoms with Crippen molar-refractivity contribution in [3.8, 4) is 0 Å². The molecular weight excluding hydrogens is 218 g/mol. The molecule has 17 heavy (non-hydrogen) atoms. The van der Waals surface area contributed by atoms with E-state index in [0.717, 1.165) is 5.56 Å². The Bertz CT molecular complexity index is 540. The van der Waals surface area contributed by atoms with Crippen LogP contribution in [0.25, 0.3) is 0 Å². The first kappa shape index (κ1) is 11.3. The first-order chi connectivity index (χ1) is 8.06. The van der Waals surface area contributed by atoms with Gasteiger partial charge in [-0.25, -0.2) is 0 Å². The van der Waals surface area contributed by atoms with Gasteiger partial charge in [0.05, 0.1) is 11.9 Å². The fourth-order valence-corrected chi connectivity index (χ4v) is 1.65. The van der Waals surface area contributed by atoms with Crippen molar-refractivity contribution >= 4 is 11.6 Å². The SMILES string of the molecule is Cn1cc(CNC(=O)c2cc(N)cn2C)cn1. The Balaban J connectivity index is 2.00. The summed E-state index contributed by atoms with van der Waals surface area (Å²) in [7, 11) is 3.62. The van der Waals surface area contributed by atoms with E-state index in [9.17, 15) is 4.79 Å². The second-order valence-corrected chi connectivity index (χ2v) is 3.97. The monoisotopic (exact) mass is 233 g/mol. The molecule has 0 atom stereocenters. The van der Waals surface area contributed by atoms with E-state index in [1.807, 2.05) is 13.2 Å². The summed E-state index contributed by atoms with van der Waals surface area (Å²) in [5.74, 6) is -0.145. The van der Waals surface area contributed by atoms with Gasteiger partial charge in [0, 0.05) is 38.6 Å². The molecule has 1 amide bonds. The molecule has 0 saturated carbocycles. The van der Waals surface area contributed by atoms with Crippen molar-refractivity contribution < 1.29 is 4.79 Å². The van der Waals surface area contributed by atoms with Crippen molar-refractivity contribution in [3.05, 3.63) is 35.9 Å². The van der Waals surface area contributed by atoms with Crippen molar-refractivity contribution in [2.75, 3.05) is 5.73 Å². The molecule has 2 rings (SSSR count). The van der Waals surface area contributed by atoms with Gasteiger partial charge < -0.3 is 15.6 Å². The zero-order valence-electron chi connectivity index (χ0n) is 9.84. The van der Waals surface area contributed by atoms with Gasteiger partial charge in [0.1, 0.15) is 5.69 Å². The molecule has 2 aromatic rings. The standard InChI is InChI=1S/C11H15N5O/c1-15-7-9(12)3-10(15)11(17)13-4-8-5-14-16(2)6-8/h3,5-7H,4,12H2,1-2H3,(H,13,17). The maximum atomic E-state index is 11.8. The van der Waals surface area contributed by atoms with Gasteiger partial charge in [0.25, 0.3) is 5.91 Å². The normalized spacial score (nSPS) is 10.5. The molecule has 0 aliphatic heterocycles. The molecule has 0 saturated heterocycles. The smallest absolute Gasteiger partial charge is 0.268 e. The second kappa shape index (κ2) is 4.32. The fraction of sp³-hybridized carbons (Fsp3) is 0.273. The van der Waals surface area contributed by atoms with Gasteiger partial charge in [0.15, 0.2) is 0 Å². The lowest BCUT2D eigenvalue weighted by Gasteiger charge is -2.04. The highest BCUT2D eigenvalue weighted by atomic mass is 16.1. The van der Waals surface area contributed by atoms with Gasteiger partial charge in [0.2, 0.25) is 0 Å². The second-order valence-electron chi connectivity index (χ2n) is 3.97. The molecule has 6 heteroatoms. The van der Waals surface area contributed by atoms with Gasteiger partial charge in [-0.05, 0) is 6.07 Å². The number of rotatable bonds is 3. The largest absolute Gasteiger partial charge is 0.397 e. The Morgan fingerprint density at radius 1 is 1.47 bits per heavy atom. The summed E-state index contributed by atoms with van der Waals surface area (Å²) in [4.78, 5) is 11.8. The Morgan fingerprint density at radius 2 is 2.24 bits per heavy atom. The zero-order valence-corrected chi connectivity index (χ0v) is 9.84. The minimum absolute atomic E-state index is 0.145. The molecule has 3 N–H and O–H groups in total. The number of nitrogens with one attached hydrogen (secondary N) is 1. The lowest BCUT2D eigenvalue weighted by atomic mass is 10.3. The van der Waals surface area contributed by atoms with Gasteiger partial charge >= 0.3 is 0 Å². The molecule has 0 aliphatic carbocycles. The Labute approximate surface area is 99.0 Å². The molecule has 0 unspecified atom stereocenters. The molecule has 0 radical (unpaired) electrons. The predicted octanol–water partition coefficient (Wildman–Crippen LogP) is 0.271. The van der Waals surface area contributed by atoms with Crippen LogP contribution in [0, 0.1) is 0 Å². The summed E-state index contributed by atoms with van der Waals surface area (Å²) < 4.78 is 3.40. The van der Waals surface area contributed by atoms with E-state index in [2.05, 4.69) is 10.4 Å². The topological polar surface area (TPSA) is 77.9 Å². The quantitative estimate of drug-likeness (QED) is 0.798. The highest BCUT2D eigenvalue weighted by Gasteiger charge is 2.10. The first-order valence-corrected chi connectivity index (χ1v) is 5.24. The van der Waals surface area contributed by atoms with Crippen LogP contribution in [0.3, 0.4) is 0 Å². The van der Waals surface area contributed by atoms with E-state index < -0.39 is 0 Å². The highest BCUT2D eigenvalue weighted by molar-refractivity contribution is 5.93. The van der Waals surface area contributed by atoms with Crippen LogP contribution in [0.2, 0.25) is 0 Å². The zero-order chi connectivity index (χ0) is 12.4. The molecule has 0 aromatic carbocycles. The molecular formula is C11H15N5O. The average molecular weight is 233 g/mol. The number of carbonyl (C=O) groups excluding carboxylic acids is 1. The molecule has 6 nitrogen and oxygen atoms in total. The number of aryl methyl sites for hydroxylation is 2. The Hall–Kier alpha value is -2.24. The van der Waals surface area contributed by atoms with Crippen LogP contribution in [0.4, 0.5) is 5.69 Å². The summed E-state index contributed by atoms with van der Waals surface area (Å²) in [5, 5.41) is 6.84. The van der Waals surface area contributed by atoms with Gasteiger partial charge in [-0.2, -0.15) is 5.10 Å². The summed E-state index contributed by atoms with van der Waals surface area (Å²) in [6, 6.07) is 1.65. The van der Waals surface area contributed by atoms with E-state index in [1.54, 1.807) is 34.8 Å². The lowest BCUT2D eigenvalue weighted by Crippen LogP contribution is -2.24. The molecule has 2 aromatic heterocycles. The number of nitrogen functional groups attached to an aromatic ring is 1. The number of nitrogens with two attached hydrogens (primary N) is 1. The number of carbonyl (C=O) groups is 1. The third-order valence-corrected chi connectivity index (χ3v) is 2.47. The number of hydrogen-bond donors (Lipinski definition) is 2. The van der Waals surface area contributed by atoms with E-state index in [1.165, 1.54) is 0 Å². The molecule has 0 aliphatic rings. The summed E-state index contributed by atoms with van der Waals surface area (Å²) in [6.45, 7) is 0.456. The predicted molar refractivity (Wildman–Crippen MR) is 64.2 cm³/mol. The third-order valence-electron chi connectivity index (χ3n) is 2.47. The Kier molecular flexibility index (Phi) is 2.86. The maximum Gasteiger partial charge on any atom is 0.268 e. The van der Waals surface area contributed by atoms with Crippen molar-refractivity contribution in [2.24, 2.45) is 14.1 Å². The minimum Gasteiger partial charge on any atom is -0.397 e. The van der Waals surface area contributed by atoms with Crippen molar-refractivity contribution in [1.29, 1.82) is 0 Å². The number of amides is 1. The molecule has 0 spiro atoms. The molecule has 2 heterocycles. The van der Waals surface area contributed by atoms with Crippen LogP contribution in [-0.2, 0) is 20.6 Å². The third kappa shape index (κ3) is 2.47. The van der Waals surface area contributed by atoms with E-state index in [4.69, 9.17) is 5.73 Å². The van der Waals surface area contributed by atoms with Gasteiger partial charge in [-0.3, -0.25) is 9.48 Å². The van der Waals surface area contributed by atoms with E-state index in [-0.39, 0.29) is 5.91 Å². The Morgan fingerprint density at radius 3 is 2.76 bits per heavy atom. The number of aromatic nitrogens is 3. The number of nitrogens with zero attached hydrogens (tertiary/aromatic N) is 3. The average Bonchev–Trinajstić information content (AvgIpc) is 2.81. The fourth-order valence-electron chi connectivity index (χ4n) is 1.65. The summed E-state index contributed by atoms with van der Waals surface area (Å²) in [5.41, 5.74) is 7.70. The maximum absolute atomic E-state index is 11.8. The van der Waals surface area contributed by atoms with Crippen molar-refractivity contribution in [3.63, 3.8) is 0 Å². The van der Waals surface area contributed by atoms with Crippen LogP contribution in [0.1, 0.15) is 16.1 Å². The van der Waals surface area contributed by atoms with Gasteiger partial charge in [-0.15, -0.1) is 0 Å². The van der Waals surface area contributed by atoms with Crippen LogP contribution in [0.5, 0.6) is 0 Å². The van der Waals surface area contributed by atoms with Crippen LogP contribution < -0.4 is 11.1 Å². The van der Waals surface area contributed by atoms with E-state index in [0.29, 0.717) is 17.9 Å². The van der Waals surface area contributed by atoms with Crippen LogP contribution >= 0.6 is 0 Å². The van der Waals surface area contributed by atoms with E-state index >= 15 is 0 Å². The first-order valence-electron chi connectivity index (χ1n) is 5.24. The van der Waals surface area contributed by atoms with Gasteiger partial charge in [-0.1, -0.05) is 0 Å². The number of anilines is 1. The summed E-state index contributed by atoms with van der Waals surface area (Å²) >= 11 is 0. The summed E-state index contributed by atoms with van der Waals surface area (Å²) in [6.07, 6.45) is 5.29. The van der Waals surface area contributed by atoms with Crippen LogP contribution in [-0.4, -0.2) is 20.3 Å². The van der Waals surface area contributed by atoms with Crippen LogP contribution in [0.15, 0.2) is 24.7 Å². The molecule has 0 bridgehead atoms. The highest BCUT2D eigenvalue weighted by Crippen LogP contribution is 2.08. The van der Waals surface area contributed by atoms with Crippen molar-refractivity contribution in [1.82, 2.24) is 19.7 Å².